The number of carbonyl (C=O) groups is 2. The number of nitrogens with one attached hydrogen (secondary N) is 1. The maximum absolute atomic E-state index is 11.8. The number of pyridine rings is 1. The fourth-order valence-corrected chi connectivity index (χ4v) is 1.93. The maximum Gasteiger partial charge on any atom is 0.354 e. The molecule has 1 rings (SSSR count). The van der Waals surface area contributed by atoms with E-state index in [1.54, 1.807) is 11.8 Å². The molecular weight excluding hydrogens is 252 g/mol. The fraction of sp³-hybridized carbons (Fsp3) is 0.417. The molecule has 1 amide bonds. The quantitative estimate of drug-likeness (QED) is 0.820. The minimum atomic E-state index is -1.14. The highest BCUT2D eigenvalue weighted by atomic mass is 32.2. The van der Waals surface area contributed by atoms with Crippen molar-refractivity contribution in [1.82, 2.24) is 10.3 Å². The maximum atomic E-state index is 11.8. The van der Waals surface area contributed by atoms with E-state index in [2.05, 4.69) is 10.3 Å². The Balaban J connectivity index is 2.66. The Bertz CT molecular complexity index is 437. The number of carboxylic acids is 1. The highest BCUT2D eigenvalue weighted by molar-refractivity contribution is 7.98. The third kappa shape index (κ3) is 4.37. The standard InChI is InChI=1S/C12H16N2O3S/c1-8(6-7-18-2)13-11(15)9-4-3-5-10(14-9)12(16)17/h3-5,8H,6-7H2,1-2H3,(H,13,15)(H,16,17). The average molecular weight is 268 g/mol. The van der Waals surface area contributed by atoms with Gasteiger partial charge in [0.05, 0.1) is 0 Å². The smallest absolute Gasteiger partial charge is 0.354 e. The molecule has 0 radical (unpaired) electrons. The summed E-state index contributed by atoms with van der Waals surface area (Å²) in [7, 11) is 0. The lowest BCUT2D eigenvalue weighted by molar-refractivity contribution is 0.0690. The van der Waals surface area contributed by atoms with Crippen molar-refractivity contribution in [3.8, 4) is 0 Å². The van der Waals surface area contributed by atoms with Crippen LogP contribution in [0.4, 0.5) is 0 Å². The predicted octanol–water partition coefficient (Wildman–Crippen LogP) is 1.65. The van der Waals surface area contributed by atoms with E-state index in [1.165, 1.54) is 18.2 Å². The number of hydrogen-bond acceptors (Lipinski definition) is 4. The van der Waals surface area contributed by atoms with Gasteiger partial charge >= 0.3 is 5.97 Å². The van der Waals surface area contributed by atoms with Gasteiger partial charge in [-0.15, -0.1) is 0 Å². The summed E-state index contributed by atoms with van der Waals surface area (Å²) in [6, 6.07) is 4.41. The number of nitrogens with zero attached hydrogens (tertiary/aromatic N) is 1. The summed E-state index contributed by atoms with van der Waals surface area (Å²) in [6.07, 6.45) is 2.87. The third-order valence-electron chi connectivity index (χ3n) is 2.33. The van der Waals surface area contributed by atoms with Crippen molar-refractivity contribution in [3.05, 3.63) is 29.6 Å². The van der Waals surface area contributed by atoms with E-state index in [0.29, 0.717) is 0 Å². The number of rotatable bonds is 6. The molecule has 0 bridgehead atoms. The molecule has 0 aliphatic carbocycles. The van der Waals surface area contributed by atoms with Gasteiger partial charge in [-0.1, -0.05) is 6.07 Å². The molecule has 0 spiro atoms. The van der Waals surface area contributed by atoms with Crippen molar-refractivity contribution in [2.24, 2.45) is 0 Å². The van der Waals surface area contributed by atoms with Crippen LogP contribution in [0, 0.1) is 0 Å². The number of aromatic carboxylic acids is 1. The molecule has 0 aliphatic rings. The first-order chi connectivity index (χ1) is 8.54. The molecule has 0 saturated carbocycles. The second-order valence-corrected chi connectivity index (χ2v) is 4.85. The monoisotopic (exact) mass is 268 g/mol. The summed E-state index contributed by atoms with van der Waals surface area (Å²) in [5, 5.41) is 11.6. The molecule has 0 saturated heterocycles. The van der Waals surface area contributed by atoms with Crippen molar-refractivity contribution < 1.29 is 14.7 Å². The van der Waals surface area contributed by atoms with Crippen molar-refractivity contribution in [2.45, 2.75) is 19.4 Å². The second kappa shape index (κ2) is 7.00. The van der Waals surface area contributed by atoms with Crippen molar-refractivity contribution >= 4 is 23.6 Å². The Morgan fingerprint density at radius 3 is 2.72 bits per heavy atom. The van der Waals surface area contributed by atoms with E-state index < -0.39 is 5.97 Å². The first-order valence-corrected chi connectivity index (χ1v) is 6.94. The lowest BCUT2D eigenvalue weighted by Gasteiger charge is -2.12. The Morgan fingerprint density at radius 2 is 2.11 bits per heavy atom. The Labute approximate surface area is 110 Å². The van der Waals surface area contributed by atoms with Crippen LogP contribution in [0.5, 0.6) is 0 Å². The molecule has 1 heterocycles. The molecule has 6 heteroatoms. The minimum absolute atomic E-state index is 0.0419. The Kier molecular flexibility index (Phi) is 5.64. The summed E-state index contributed by atoms with van der Waals surface area (Å²) < 4.78 is 0. The zero-order valence-electron chi connectivity index (χ0n) is 10.3. The minimum Gasteiger partial charge on any atom is -0.477 e. The number of thioether (sulfide) groups is 1. The Hall–Kier alpha value is -1.56. The average Bonchev–Trinajstić information content (AvgIpc) is 2.36. The molecular formula is C12H16N2O3S. The van der Waals surface area contributed by atoms with E-state index in [0.717, 1.165) is 12.2 Å². The van der Waals surface area contributed by atoms with E-state index in [9.17, 15) is 9.59 Å². The van der Waals surface area contributed by atoms with Crippen LogP contribution >= 0.6 is 11.8 Å². The van der Waals surface area contributed by atoms with E-state index in [1.807, 2.05) is 13.2 Å². The summed E-state index contributed by atoms with van der Waals surface area (Å²) in [5.41, 5.74) is 0.00492. The van der Waals surface area contributed by atoms with Crippen LogP contribution in [0.15, 0.2) is 18.2 Å². The first kappa shape index (κ1) is 14.5. The van der Waals surface area contributed by atoms with Crippen molar-refractivity contribution in [2.75, 3.05) is 12.0 Å². The van der Waals surface area contributed by atoms with Gasteiger partial charge in [-0.25, -0.2) is 9.78 Å². The molecule has 2 N–H and O–H groups in total. The number of carboxylic acid groups (broad SMARTS) is 1. The van der Waals surface area contributed by atoms with E-state index >= 15 is 0 Å². The van der Waals surface area contributed by atoms with Crippen molar-refractivity contribution in [1.29, 1.82) is 0 Å². The van der Waals surface area contributed by atoms with Gasteiger partial charge in [-0.2, -0.15) is 11.8 Å². The van der Waals surface area contributed by atoms with Gasteiger partial charge < -0.3 is 10.4 Å². The summed E-state index contributed by atoms with van der Waals surface area (Å²) in [5.74, 6) is -0.517. The van der Waals surface area contributed by atoms with Crippen LogP contribution in [-0.4, -0.2) is 40.0 Å². The molecule has 1 atom stereocenters. The van der Waals surface area contributed by atoms with Gasteiger partial charge in [0.1, 0.15) is 11.4 Å². The molecule has 1 aromatic heterocycles. The molecule has 0 aliphatic heterocycles. The van der Waals surface area contributed by atoms with Crippen LogP contribution in [-0.2, 0) is 0 Å². The van der Waals surface area contributed by atoms with Crippen LogP contribution in [0.1, 0.15) is 34.3 Å². The van der Waals surface area contributed by atoms with Crippen LogP contribution in [0.25, 0.3) is 0 Å². The normalized spacial score (nSPS) is 11.9. The first-order valence-electron chi connectivity index (χ1n) is 5.54. The summed E-state index contributed by atoms with van der Waals surface area (Å²) >= 11 is 1.71. The van der Waals surface area contributed by atoms with Crippen molar-refractivity contribution in [3.63, 3.8) is 0 Å². The molecule has 5 nitrogen and oxygen atoms in total. The zero-order chi connectivity index (χ0) is 13.5. The second-order valence-electron chi connectivity index (χ2n) is 3.87. The SMILES string of the molecule is CSCCC(C)NC(=O)c1cccc(C(=O)O)n1. The van der Waals surface area contributed by atoms with Crippen LogP contribution in [0.3, 0.4) is 0 Å². The number of carbonyl (C=O) groups excluding carboxylic acids is 1. The zero-order valence-corrected chi connectivity index (χ0v) is 11.2. The van der Waals surface area contributed by atoms with Gasteiger partial charge in [0, 0.05) is 6.04 Å². The van der Waals surface area contributed by atoms with Gasteiger partial charge in [0.2, 0.25) is 0 Å². The van der Waals surface area contributed by atoms with E-state index in [-0.39, 0.29) is 23.3 Å². The van der Waals surface area contributed by atoms with Gasteiger partial charge in [-0.05, 0) is 37.5 Å². The predicted molar refractivity (Wildman–Crippen MR) is 71.1 cm³/mol. The number of aromatic nitrogens is 1. The van der Waals surface area contributed by atoms with Crippen LogP contribution < -0.4 is 5.32 Å². The molecule has 0 aromatic carbocycles. The third-order valence-corrected chi connectivity index (χ3v) is 2.98. The largest absolute Gasteiger partial charge is 0.477 e. The highest BCUT2D eigenvalue weighted by Crippen LogP contribution is 2.03. The summed E-state index contributed by atoms with van der Waals surface area (Å²) in [4.78, 5) is 26.4. The van der Waals surface area contributed by atoms with Crippen LogP contribution in [0.2, 0.25) is 0 Å². The molecule has 98 valence electrons. The molecule has 0 fully saturated rings. The van der Waals surface area contributed by atoms with E-state index in [4.69, 9.17) is 5.11 Å². The fourth-order valence-electron chi connectivity index (χ4n) is 1.34. The van der Waals surface area contributed by atoms with Gasteiger partial charge in [0.15, 0.2) is 0 Å². The topological polar surface area (TPSA) is 79.3 Å². The Morgan fingerprint density at radius 1 is 1.44 bits per heavy atom. The molecule has 1 unspecified atom stereocenters. The highest BCUT2D eigenvalue weighted by Gasteiger charge is 2.13. The molecule has 1 aromatic rings. The lowest BCUT2D eigenvalue weighted by Crippen LogP contribution is -2.33. The van der Waals surface area contributed by atoms with Gasteiger partial charge in [-0.3, -0.25) is 4.79 Å². The lowest BCUT2D eigenvalue weighted by atomic mass is 10.2. The van der Waals surface area contributed by atoms with Gasteiger partial charge in [0.25, 0.3) is 5.91 Å². The number of amides is 1. The number of hydrogen-bond donors (Lipinski definition) is 2. The summed E-state index contributed by atoms with van der Waals surface area (Å²) in [6.45, 7) is 1.91. The molecule has 18 heavy (non-hydrogen) atoms.